The van der Waals surface area contributed by atoms with Crippen LogP contribution in [-0.2, 0) is 10.0 Å². The topological polar surface area (TPSA) is 63.4 Å². The summed E-state index contributed by atoms with van der Waals surface area (Å²) in [6, 6.07) is 11.0. The quantitative estimate of drug-likeness (QED) is 0.887. The molecule has 5 heteroatoms. The van der Waals surface area contributed by atoms with Gasteiger partial charge < -0.3 is 5.73 Å². The first-order valence-corrected chi connectivity index (χ1v) is 8.11. The van der Waals surface area contributed by atoms with Gasteiger partial charge in [0.05, 0.1) is 11.4 Å². The fourth-order valence-electron chi connectivity index (χ4n) is 2.33. The van der Waals surface area contributed by atoms with Crippen LogP contribution in [0.5, 0.6) is 0 Å². The molecule has 0 atom stereocenters. The van der Waals surface area contributed by atoms with E-state index >= 15 is 0 Å². The number of para-hydroxylation sites is 1. The Morgan fingerprint density at radius 2 is 1.48 bits per heavy atom. The second kappa shape index (κ2) is 5.41. The number of benzene rings is 2. The van der Waals surface area contributed by atoms with Crippen LogP contribution in [-0.4, -0.2) is 15.5 Å². The number of nitrogens with two attached hydrogens (primary N) is 1. The molecule has 0 aliphatic heterocycles. The summed E-state index contributed by atoms with van der Waals surface area (Å²) in [4.78, 5) is 0.188. The average molecular weight is 304 g/mol. The Morgan fingerprint density at radius 3 is 2.10 bits per heavy atom. The molecule has 0 aromatic heterocycles. The maximum Gasteiger partial charge on any atom is 0.266 e. The van der Waals surface area contributed by atoms with E-state index < -0.39 is 10.0 Å². The average Bonchev–Trinajstić information content (AvgIpc) is 2.43. The van der Waals surface area contributed by atoms with Gasteiger partial charge in [0.2, 0.25) is 0 Å². The van der Waals surface area contributed by atoms with Gasteiger partial charge in [-0.05, 0) is 43.5 Å². The van der Waals surface area contributed by atoms with E-state index in [-0.39, 0.29) is 4.90 Å². The maximum absolute atomic E-state index is 12.9. The lowest BCUT2D eigenvalue weighted by Gasteiger charge is -2.23. The van der Waals surface area contributed by atoms with E-state index in [1.807, 2.05) is 38.1 Å². The third-order valence-corrected chi connectivity index (χ3v) is 5.66. The van der Waals surface area contributed by atoms with E-state index in [9.17, 15) is 8.42 Å². The van der Waals surface area contributed by atoms with Crippen molar-refractivity contribution in [1.29, 1.82) is 0 Å². The molecule has 21 heavy (non-hydrogen) atoms. The summed E-state index contributed by atoms with van der Waals surface area (Å²) in [5.41, 5.74) is 9.29. The van der Waals surface area contributed by atoms with Crippen LogP contribution in [0.3, 0.4) is 0 Å². The summed E-state index contributed by atoms with van der Waals surface area (Å²) in [6.07, 6.45) is 0. The van der Waals surface area contributed by atoms with Crippen LogP contribution >= 0.6 is 0 Å². The lowest BCUT2D eigenvalue weighted by molar-refractivity contribution is 0.594. The predicted octanol–water partition coefficient (Wildman–Crippen LogP) is 3.02. The van der Waals surface area contributed by atoms with Crippen molar-refractivity contribution in [2.75, 3.05) is 17.1 Å². The Morgan fingerprint density at radius 1 is 0.905 bits per heavy atom. The van der Waals surface area contributed by atoms with Gasteiger partial charge >= 0.3 is 0 Å². The first kappa shape index (κ1) is 15.4. The van der Waals surface area contributed by atoms with Crippen LogP contribution in [0.2, 0.25) is 0 Å². The number of sulfonamides is 1. The highest BCUT2D eigenvalue weighted by atomic mass is 32.2. The number of hydrogen-bond donors (Lipinski definition) is 1. The van der Waals surface area contributed by atoms with Crippen molar-refractivity contribution >= 4 is 21.4 Å². The van der Waals surface area contributed by atoms with Crippen molar-refractivity contribution < 1.29 is 8.42 Å². The van der Waals surface area contributed by atoms with Crippen LogP contribution in [0.15, 0.2) is 41.3 Å². The monoisotopic (exact) mass is 304 g/mol. The molecular formula is C16H20N2O2S. The minimum atomic E-state index is -3.69. The number of nitrogens with zero attached hydrogens (tertiary/aromatic N) is 1. The van der Waals surface area contributed by atoms with E-state index in [4.69, 9.17) is 5.73 Å². The zero-order valence-corrected chi connectivity index (χ0v) is 13.5. The number of hydrogen-bond acceptors (Lipinski definition) is 3. The van der Waals surface area contributed by atoms with Crippen molar-refractivity contribution in [1.82, 2.24) is 0 Å². The molecule has 4 nitrogen and oxygen atoms in total. The Hall–Kier alpha value is -2.01. The van der Waals surface area contributed by atoms with Crippen LogP contribution in [0.1, 0.15) is 16.7 Å². The molecule has 0 saturated carbocycles. The van der Waals surface area contributed by atoms with E-state index in [1.54, 1.807) is 26.1 Å². The van der Waals surface area contributed by atoms with Gasteiger partial charge in [-0.25, -0.2) is 8.42 Å². The van der Waals surface area contributed by atoms with Crippen molar-refractivity contribution in [3.05, 3.63) is 53.1 Å². The Labute approximate surface area is 126 Å². The van der Waals surface area contributed by atoms with Gasteiger partial charge in [-0.15, -0.1) is 0 Å². The summed E-state index contributed by atoms with van der Waals surface area (Å²) in [5.74, 6) is 0. The highest BCUT2D eigenvalue weighted by Crippen LogP contribution is 2.31. The zero-order valence-electron chi connectivity index (χ0n) is 12.7. The van der Waals surface area contributed by atoms with Crippen molar-refractivity contribution in [2.24, 2.45) is 0 Å². The number of anilines is 2. The predicted molar refractivity (Wildman–Crippen MR) is 87.1 cm³/mol. The van der Waals surface area contributed by atoms with Crippen LogP contribution in [0.25, 0.3) is 0 Å². The second-order valence-corrected chi connectivity index (χ2v) is 7.11. The third kappa shape index (κ3) is 2.61. The zero-order chi connectivity index (χ0) is 15.8. The molecule has 2 N–H and O–H groups in total. The molecule has 0 saturated heterocycles. The van der Waals surface area contributed by atoms with Gasteiger partial charge in [-0.3, -0.25) is 4.31 Å². The molecule has 2 rings (SSSR count). The molecule has 0 amide bonds. The van der Waals surface area contributed by atoms with Gasteiger partial charge in [0.1, 0.15) is 4.90 Å². The summed E-state index contributed by atoms with van der Waals surface area (Å²) in [5, 5.41) is 0. The maximum atomic E-state index is 12.9. The largest absolute Gasteiger partial charge is 0.397 e. The van der Waals surface area contributed by atoms with Gasteiger partial charge in [0.25, 0.3) is 10.0 Å². The van der Waals surface area contributed by atoms with Crippen LogP contribution in [0, 0.1) is 20.8 Å². The Bertz CT molecular complexity index is 783. The number of rotatable bonds is 3. The number of nitrogen functional groups attached to an aromatic ring is 1. The van der Waals surface area contributed by atoms with Gasteiger partial charge in [0.15, 0.2) is 0 Å². The van der Waals surface area contributed by atoms with Crippen molar-refractivity contribution in [2.45, 2.75) is 25.7 Å². The first-order valence-electron chi connectivity index (χ1n) is 6.67. The lowest BCUT2D eigenvalue weighted by atomic mass is 10.1. The highest BCUT2D eigenvalue weighted by molar-refractivity contribution is 7.93. The molecule has 0 fully saturated rings. The lowest BCUT2D eigenvalue weighted by Crippen LogP contribution is -2.28. The van der Waals surface area contributed by atoms with Gasteiger partial charge in [-0.1, -0.05) is 30.3 Å². The van der Waals surface area contributed by atoms with E-state index in [0.29, 0.717) is 16.9 Å². The molecule has 112 valence electrons. The van der Waals surface area contributed by atoms with Crippen LogP contribution in [0.4, 0.5) is 11.4 Å². The Balaban J connectivity index is 2.64. The minimum Gasteiger partial charge on any atom is -0.397 e. The van der Waals surface area contributed by atoms with E-state index in [2.05, 4.69) is 0 Å². The summed E-state index contributed by atoms with van der Waals surface area (Å²) < 4.78 is 27.1. The van der Waals surface area contributed by atoms with Crippen molar-refractivity contribution in [3.63, 3.8) is 0 Å². The molecule has 0 heterocycles. The van der Waals surface area contributed by atoms with Crippen LogP contribution < -0.4 is 10.0 Å². The molecule has 2 aromatic carbocycles. The van der Waals surface area contributed by atoms with E-state index in [1.165, 1.54) is 4.31 Å². The smallest absolute Gasteiger partial charge is 0.266 e. The highest BCUT2D eigenvalue weighted by Gasteiger charge is 2.27. The standard InChI is InChI=1S/C16H20N2O2S/c1-11-7-5-6-8-14(11)18(4)21(19,20)16-13(3)10-9-12(2)15(16)17/h5-10H,17H2,1-4H3. The molecule has 0 bridgehead atoms. The molecule has 0 aliphatic rings. The third-order valence-electron chi connectivity index (χ3n) is 3.68. The normalized spacial score (nSPS) is 11.4. The fourth-order valence-corrected chi connectivity index (χ4v) is 3.98. The summed E-state index contributed by atoms with van der Waals surface area (Å²) in [7, 11) is -2.14. The van der Waals surface area contributed by atoms with E-state index in [0.717, 1.165) is 11.1 Å². The number of aryl methyl sites for hydroxylation is 3. The molecular weight excluding hydrogens is 284 g/mol. The second-order valence-electron chi connectivity index (χ2n) is 5.20. The SMILES string of the molecule is Cc1ccccc1N(C)S(=O)(=O)c1c(C)ccc(C)c1N. The van der Waals surface area contributed by atoms with Crippen molar-refractivity contribution in [3.8, 4) is 0 Å². The summed E-state index contributed by atoms with van der Waals surface area (Å²) >= 11 is 0. The fraction of sp³-hybridized carbons (Fsp3) is 0.250. The molecule has 0 radical (unpaired) electrons. The first-order chi connectivity index (χ1) is 9.76. The molecule has 2 aromatic rings. The van der Waals surface area contributed by atoms with Gasteiger partial charge in [-0.2, -0.15) is 0 Å². The summed E-state index contributed by atoms with van der Waals surface area (Å²) in [6.45, 7) is 5.45. The molecule has 0 spiro atoms. The molecule has 0 aliphatic carbocycles. The molecule has 0 unspecified atom stereocenters. The van der Waals surface area contributed by atoms with Gasteiger partial charge in [0, 0.05) is 7.05 Å². The minimum absolute atomic E-state index is 0.188. The Kier molecular flexibility index (Phi) is 3.96.